The lowest BCUT2D eigenvalue weighted by atomic mass is 10.2. The van der Waals surface area contributed by atoms with Crippen LogP contribution in [0.25, 0.3) is 10.9 Å². The zero-order chi connectivity index (χ0) is 23.9. The van der Waals surface area contributed by atoms with E-state index in [1.54, 1.807) is 30.1 Å². The molecule has 1 atom stereocenters. The van der Waals surface area contributed by atoms with Crippen LogP contribution in [0.4, 0.5) is 0 Å². The van der Waals surface area contributed by atoms with Crippen LogP contribution in [0.5, 0.6) is 5.75 Å². The second-order valence-electron chi connectivity index (χ2n) is 7.71. The van der Waals surface area contributed by atoms with Crippen LogP contribution in [0.15, 0.2) is 83.0 Å². The van der Waals surface area contributed by atoms with Crippen molar-refractivity contribution in [3.05, 3.63) is 94.5 Å². The van der Waals surface area contributed by atoms with Crippen molar-refractivity contribution in [1.82, 2.24) is 19.9 Å². The lowest BCUT2D eigenvalue weighted by molar-refractivity contribution is -0.120. The largest absolute Gasteiger partial charge is 0.496 e. The van der Waals surface area contributed by atoms with Crippen molar-refractivity contribution in [3.63, 3.8) is 0 Å². The molecule has 2 heterocycles. The number of ether oxygens (including phenoxy) is 1. The molecule has 174 valence electrons. The predicted octanol–water partition coefficient (Wildman–Crippen LogP) is 4.04. The van der Waals surface area contributed by atoms with Crippen molar-refractivity contribution in [2.75, 3.05) is 7.11 Å². The number of hydrogen-bond acceptors (Lipinski definition) is 6. The summed E-state index contributed by atoms with van der Waals surface area (Å²) in [4.78, 5) is 35.3. The molecule has 1 N–H and O–H groups in total. The zero-order valence-electron chi connectivity index (χ0n) is 19.1. The smallest absolute Gasteiger partial charge is 0.262 e. The summed E-state index contributed by atoms with van der Waals surface area (Å²) in [5.41, 5.74) is 2.24. The Bertz CT molecular complexity index is 1340. The Kier molecular flexibility index (Phi) is 7.59. The van der Waals surface area contributed by atoms with E-state index < -0.39 is 5.25 Å². The number of nitrogens with zero attached hydrogens (tertiary/aromatic N) is 3. The normalized spacial score (nSPS) is 11.8. The Morgan fingerprint density at radius 2 is 1.91 bits per heavy atom. The minimum absolute atomic E-state index is 0.109. The molecule has 2 aromatic heterocycles. The summed E-state index contributed by atoms with van der Waals surface area (Å²) in [7, 11) is 1.61. The molecule has 34 heavy (non-hydrogen) atoms. The fourth-order valence-corrected chi connectivity index (χ4v) is 4.67. The fraction of sp³-hybridized carbons (Fsp3) is 0.231. The minimum Gasteiger partial charge on any atom is -0.496 e. The molecule has 7 nitrogen and oxygen atoms in total. The molecule has 0 saturated heterocycles. The van der Waals surface area contributed by atoms with E-state index >= 15 is 0 Å². The number of aromatic nitrogens is 3. The average Bonchev–Trinajstić information content (AvgIpc) is 2.88. The number of rotatable bonds is 9. The van der Waals surface area contributed by atoms with E-state index in [4.69, 9.17) is 9.72 Å². The summed E-state index contributed by atoms with van der Waals surface area (Å²) >= 11 is 1.30. The van der Waals surface area contributed by atoms with Crippen LogP contribution in [-0.2, 0) is 17.9 Å². The molecule has 1 amide bonds. The van der Waals surface area contributed by atoms with E-state index in [-0.39, 0.29) is 18.0 Å². The van der Waals surface area contributed by atoms with Crippen molar-refractivity contribution in [3.8, 4) is 5.75 Å². The molecule has 4 aromatic rings. The highest BCUT2D eigenvalue weighted by Gasteiger charge is 2.22. The van der Waals surface area contributed by atoms with Gasteiger partial charge >= 0.3 is 0 Å². The Morgan fingerprint density at radius 3 is 2.68 bits per heavy atom. The van der Waals surface area contributed by atoms with Crippen LogP contribution in [0.1, 0.15) is 24.5 Å². The number of carbonyl (C=O) groups is 1. The Balaban J connectivity index is 1.66. The van der Waals surface area contributed by atoms with E-state index in [2.05, 4.69) is 10.3 Å². The van der Waals surface area contributed by atoms with Gasteiger partial charge in [0.2, 0.25) is 5.91 Å². The molecule has 2 aromatic carbocycles. The van der Waals surface area contributed by atoms with Crippen molar-refractivity contribution < 1.29 is 9.53 Å². The van der Waals surface area contributed by atoms with Gasteiger partial charge in [0.05, 0.1) is 29.8 Å². The van der Waals surface area contributed by atoms with Crippen molar-refractivity contribution in [2.45, 2.75) is 36.8 Å². The first-order chi connectivity index (χ1) is 16.6. The number of thioether (sulfide) groups is 1. The van der Waals surface area contributed by atoms with E-state index in [9.17, 15) is 9.59 Å². The third kappa shape index (κ3) is 5.28. The molecule has 0 saturated carbocycles. The molecular formula is C26H26N4O3S. The quantitative estimate of drug-likeness (QED) is 0.291. The van der Waals surface area contributed by atoms with Gasteiger partial charge in [0.15, 0.2) is 5.16 Å². The average molecular weight is 475 g/mol. The number of para-hydroxylation sites is 2. The highest BCUT2D eigenvalue weighted by Crippen LogP contribution is 2.27. The molecule has 0 aliphatic carbocycles. The van der Waals surface area contributed by atoms with E-state index in [0.29, 0.717) is 34.8 Å². The number of hydrogen-bond donors (Lipinski definition) is 1. The SMILES string of the molecule is CC[C@H](Sc1nc2ccccc2c(=O)n1Cc1ccccc1OC)C(=O)NCc1cccnc1. The molecule has 0 fully saturated rings. The first kappa shape index (κ1) is 23.5. The molecule has 0 unspecified atom stereocenters. The third-order valence-electron chi connectivity index (χ3n) is 5.45. The topological polar surface area (TPSA) is 86.1 Å². The number of carbonyl (C=O) groups excluding carboxylic acids is 1. The van der Waals surface area contributed by atoms with Gasteiger partial charge in [-0.1, -0.05) is 55.1 Å². The van der Waals surface area contributed by atoms with Crippen LogP contribution < -0.4 is 15.6 Å². The maximum Gasteiger partial charge on any atom is 0.262 e. The van der Waals surface area contributed by atoms with Gasteiger partial charge in [-0.3, -0.25) is 19.1 Å². The number of nitrogens with one attached hydrogen (secondary N) is 1. The maximum atomic E-state index is 13.5. The molecule has 4 rings (SSSR count). The lowest BCUT2D eigenvalue weighted by Gasteiger charge is -2.19. The van der Waals surface area contributed by atoms with Crippen LogP contribution in [0.2, 0.25) is 0 Å². The van der Waals surface area contributed by atoms with Gasteiger partial charge in [-0.15, -0.1) is 0 Å². The van der Waals surface area contributed by atoms with Gasteiger partial charge in [0.1, 0.15) is 5.75 Å². The molecule has 0 aliphatic rings. The first-order valence-corrected chi connectivity index (χ1v) is 11.9. The van der Waals surface area contributed by atoms with Gasteiger partial charge in [-0.05, 0) is 36.2 Å². The molecule has 0 radical (unpaired) electrons. The van der Waals surface area contributed by atoms with Crippen LogP contribution in [0, 0.1) is 0 Å². The minimum atomic E-state index is -0.409. The summed E-state index contributed by atoms with van der Waals surface area (Å²) in [5, 5.41) is 3.60. The Morgan fingerprint density at radius 1 is 1.12 bits per heavy atom. The van der Waals surface area contributed by atoms with Crippen LogP contribution in [0.3, 0.4) is 0 Å². The summed E-state index contributed by atoms with van der Waals surface area (Å²) in [5.74, 6) is 0.586. The maximum absolute atomic E-state index is 13.5. The zero-order valence-corrected chi connectivity index (χ0v) is 19.9. The fourth-order valence-electron chi connectivity index (χ4n) is 3.64. The first-order valence-electron chi connectivity index (χ1n) is 11.1. The highest BCUT2D eigenvalue weighted by atomic mass is 32.2. The summed E-state index contributed by atoms with van der Waals surface area (Å²) in [6.07, 6.45) is 4.01. The standard InChI is InChI=1S/C26H26N4O3S/c1-3-23(24(31)28-16-18-9-8-14-27-15-18)34-26-29-21-12-6-5-11-20(21)25(32)30(26)17-19-10-4-7-13-22(19)33-2/h4-15,23H,3,16-17H2,1-2H3,(H,28,31)/t23-/m0/s1. The van der Waals surface area contributed by atoms with E-state index in [0.717, 1.165) is 11.1 Å². The summed E-state index contributed by atoms with van der Waals surface area (Å²) < 4.78 is 7.11. The van der Waals surface area contributed by atoms with Crippen molar-refractivity contribution >= 4 is 28.6 Å². The number of methoxy groups -OCH3 is 1. The predicted molar refractivity (Wildman–Crippen MR) is 134 cm³/mol. The molecular weight excluding hydrogens is 448 g/mol. The van der Waals surface area contributed by atoms with Gasteiger partial charge < -0.3 is 10.1 Å². The van der Waals surface area contributed by atoms with Gasteiger partial charge in [0, 0.05) is 24.5 Å². The Labute approximate surface area is 202 Å². The number of pyridine rings is 1. The summed E-state index contributed by atoms with van der Waals surface area (Å²) in [6.45, 7) is 2.63. The molecule has 0 bridgehead atoms. The number of amides is 1. The summed E-state index contributed by atoms with van der Waals surface area (Å²) in [6, 6.07) is 18.6. The van der Waals surface area contributed by atoms with Crippen molar-refractivity contribution in [1.29, 1.82) is 0 Å². The monoisotopic (exact) mass is 474 g/mol. The second kappa shape index (κ2) is 11.0. The van der Waals surface area contributed by atoms with E-state index in [1.807, 2.05) is 61.5 Å². The van der Waals surface area contributed by atoms with E-state index in [1.165, 1.54) is 11.8 Å². The van der Waals surface area contributed by atoms with Gasteiger partial charge in [-0.2, -0.15) is 0 Å². The second-order valence-corrected chi connectivity index (χ2v) is 8.88. The van der Waals surface area contributed by atoms with Crippen LogP contribution >= 0.6 is 11.8 Å². The van der Waals surface area contributed by atoms with Gasteiger partial charge in [-0.25, -0.2) is 4.98 Å². The molecule has 0 spiro atoms. The number of fused-ring (bicyclic) bond motifs is 1. The molecule has 8 heteroatoms. The van der Waals surface area contributed by atoms with Crippen LogP contribution in [-0.4, -0.2) is 32.8 Å². The number of benzene rings is 2. The highest BCUT2D eigenvalue weighted by molar-refractivity contribution is 8.00. The van der Waals surface area contributed by atoms with Gasteiger partial charge in [0.25, 0.3) is 5.56 Å². The molecule has 0 aliphatic heterocycles. The third-order valence-corrected chi connectivity index (χ3v) is 6.80. The Hall–Kier alpha value is -3.65. The van der Waals surface area contributed by atoms with Crippen molar-refractivity contribution in [2.24, 2.45) is 0 Å². The lowest BCUT2D eigenvalue weighted by Crippen LogP contribution is -2.33.